The first-order chi connectivity index (χ1) is 15.8. The molecule has 4 heterocycles. The van der Waals surface area contributed by atoms with Crippen molar-refractivity contribution in [2.75, 3.05) is 18.0 Å². The first-order valence-electron chi connectivity index (χ1n) is 11.0. The van der Waals surface area contributed by atoms with Crippen LogP contribution in [0.2, 0.25) is 0 Å². The van der Waals surface area contributed by atoms with E-state index in [4.69, 9.17) is 4.74 Å². The fraction of sp³-hybridized carbons (Fsp3) is 0.500. The Balaban J connectivity index is 1.76. The number of hydrogen-bond acceptors (Lipinski definition) is 4. The Morgan fingerprint density at radius 1 is 1.18 bits per heavy atom. The zero-order valence-corrected chi connectivity index (χ0v) is 18.9. The molecule has 1 aromatic heterocycles. The molecule has 0 spiro atoms. The second-order valence-corrected chi connectivity index (χ2v) is 10.4. The number of anilines is 1. The molecule has 0 bridgehead atoms. The lowest BCUT2D eigenvalue weighted by molar-refractivity contribution is -0.0269. The molecule has 2 atom stereocenters. The highest BCUT2D eigenvalue weighted by molar-refractivity contribution is 5.88. The van der Waals surface area contributed by atoms with E-state index in [-0.39, 0.29) is 29.2 Å². The lowest BCUT2D eigenvalue weighted by atomic mass is 9.77. The Bertz CT molecular complexity index is 1260. The maximum atomic E-state index is 13.7. The molecule has 1 fully saturated rings. The quantitative estimate of drug-likeness (QED) is 0.661. The van der Waals surface area contributed by atoms with Gasteiger partial charge in [0.25, 0.3) is 12.3 Å². The summed E-state index contributed by atoms with van der Waals surface area (Å²) in [6, 6.07) is 2.58. The normalized spacial score (nSPS) is 22.5. The Labute approximate surface area is 192 Å². The zero-order chi connectivity index (χ0) is 24.7. The molecule has 34 heavy (non-hydrogen) atoms. The van der Waals surface area contributed by atoms with Gasteiger partial charge in [0.2, 0.25) is 0 Å². The highest BCUT2D eigenvalue weighted by Crippen LogP contribution is 2.52. The van der Waals surface area contributed by atoms with E-state index < -0.39 is 42.9 Å². The van der Waals surface area contributed by atoms with Crippen molar-refractivity contribution in [3.8, 4) is 17.0 Å². The number of nitrogens with zero attached hydrogens (tertiary/aromatic N) is 2. The van der Waals surface area contributed by atoms with Crippen LogP contribution in [-0.2, 0) is 12.8 Å². The summed E-state index contributed by atoms with van der Waals surface area (Å²) in [5.74, 6) is -4.03. The fourth-order valence-corrected chi connectivity index (χ4v) is 5.20. The topological polar surface area (TPSA) is 71.8 Å². The number of pyridine rings is 1. The number of halogens is 4. The van der Waals surface area contributed by atoms with Crippen molar-refractivity contribution in [2.24, 2.45) is 5.41 Å². The van der Waals surface area contributed by atoms with Gasteiger partial charge in [0.1, 0.15) is 11.3 Å². The van der Waals surface area contributed by atoms with Crippen molar-refractivity contribution in [3.05, 3.63) is 45.2 Å². The minimum Gasteiger partial charge on any atom is -0.482 e. The molecular formula is C24H24F4N2O4. The Morgan fingerprint density at radius 3 is 2.41 bits per heavy atom. The van der Waals surface area contributed by atoms with E-state index in [9.17, 15) is 32.3 Å². The predicted molar refractivity (Wildman–Crippen MR) is 117 cm³/mol. The number of alkyl halides is 4. The summed E-state index contributed by atoms with van der Waals surface area (Å²) in [4.78, 5) is 25.6. The highest BCUT2D eigenvalue weighted by Gasteiger charge is 2.47. The second kappa shape index (κ2) is 7.23. The molecule has 5 rings (SSSR count). The number of aromatic nitrogens is 1. The summed E-state index contributed by atoms with van der Waals surface area (Å²) in [5.41, 5.74) is 1.14. The van der Waals surface area contributed by atoms with Gasteiger partial charge in [0, 0.05) is 35.9 Å². The van der Waals surface area contributed by atoms with E-state index in [1.807, 2.05) is 20.8 Å². The summed E-state index contributed by atoms with van der Waals surface area (Å²) < 4.78 is 61.9. The molecule has 182 valence electrons. The molecular weight excluding hydrogens is 456 g/mol. The van der Waals surface area contributed by atoms with Crippen LogP contribution < -0.4 is 15.1 Å². The van der Waals surface area contributed by atoms with Gasteiger partial charge in [-0.1, -0.05) is 20.8 Å². The average Bonchev–Trinajstić information content (AvgIpc) is 3.15. The summed E-state index contributed by atoms with van der Waals surface area (Å²) >= 11 is 0. The van der Waals surface area contributed by atoms with E-state index in [1.165, 1.54) is 17.2 Å². The average molecular weight is 480 g/mol. The maximum absolute atomic E-state index is 13.7. The van der Waals surface area contributed by atoms with Crippen molar-refractivity contribution in [1.29, 1.82) is 0 Å². The molecule has 0 radical (unpaired) electrons. The van der Waals surface area contributed by atoms with Crippen molar-refractivity contribution < 1.29 is 32.2 Å². The molecule has 1 saturated heterocycles. The van der Waals surface area contributed by atoms with Crippen LogP contribution in [0.1, 0.15) is 48.3 Å². The van der Waals surface area contributed by atoms with Crippen LogP contribution >= 0.6 is 0 Å². The molecule has 2 aromatic rings. The molecule has 0 saturated carbocycles. The zero-order valence-electron chi connectivity index (χ0n) is 18.9. The Kier molecular flexibility index (Phi) is 4.83. The molecule has 6 nitrogen and oxygen atoms in total. The van der Waals surface area contributed by atoms with Gasteiger partial charge >= 0.3 is 5.97 Å². The van der Waals surface area contributed by atoms with E-state index >= 15 is 0 Å². The number of fused-ring (bicyclic) bond motifs is 5. The second-order valence-electron chi connectivity index (χ2n) is 10.4. The van der Waals surface area contributed by atoms with Gasteiger partial charge in [-0.15, -0.1) is 0 Å². The number of benzene rings is 1. The minimum atomic E-state index is -2.88. The molecule has 1 unspecified atom stereocenters. The van der Waals surface area contributed by atoms with E-state index in [1.54, 1.807) is 10.6 Å². The van der Waals surface area contributed by atoms with Crippen molar-refractivity contribution in [1.82, 2.24) is 4.57 Å². The molecule has 0 amide bonds. The predicted octanol–water partition coefficient (Wildman–Crippen LogP) is 4.38. The van der Waals surface area contributed by atoms with Crippen molar-refractivity contribution in [3.63, 3.8) is 0 Å². The molecule has 3 aliphatic heterocycles. The number of hydrogen-bond donors (Lipinski definition) is 1. The maximum Gasteiger partial charge on any atom is 0.341 e. The van der Waals surface area contributed by atoms with Gasteiger partial charge in [0.05, 0.1) is 24.5 Å². The third-order valence-electron chi connectivity index (χ3n) is 6.94. The largest absolute Gasteiger partial charge is 0.482 e. The lowest BCUT2D eigenvalue weighted by Gasteiger charge is -2.43. The van der Waals surface area contributed by atoms with Gasteiger partial charge in [-0.25, -0.2) is 22.4 Å². The molecule has 10 heteroatoms. The van der Waals surface area contributed by atoms with E-state index in [0.717, 1.165) is 5.56 Å². The standard InChI is InChI=1S/C24H24F4N2O4/c1-23(2,3)19-6-11-12(15-7-17(31)14(22(32)33)8-30(15)19)4-16(29-9-24(27,28)10-29)20-13(11)5-18(34-20)21(25)26/h4,7-8,18-19,21H,5-6,9-10H2,1-3H3,(H,32,33)/t18-,19?/m1/s1. The minimum absolute atomic E-state index is 0.0677. The smallest absolute Gasteiger partial charge is 0.341 e. The van der Waals surface area contributed by atoms with Crippen LogP contribution in [0.15, 0.2) is 23.1 Å². The number of ether oxygens (including phenoxy) is 1. The van der Waals surface area contributed by atoms with Crippen molar-refractivity contribution >= 4 is 11.7 Å². The van der Waals surface area contributed by atoms with Crippen molar-refractivity contribution in [2.45, 2.75) is 58.1 Å². The SMILES string of the molecule is CC(C)(C)C1Cc2c(cc(N3CC(F)(F)C3)c3c2C[C@H](C(F)F)O3)-c2cc(=O)c(C(=O)O)cn21. The van der Waals surface area contributed by atoms with Crippen LogP contribution in [0.5, 0.6) is 5.75 Å². The van der Waals surface area contributed by atoms with Gasteiger partial charge in [-0.2, -0.15) is 0 Å². The van der Waals surface area contributed by atoms with Crippen LogP contribution in [0, 0.1) is 5.41 Å². The Hall–Kier alpha value is -3.04. The molecule has 0 aliphatic carbocycles. The third-order valence-corrected chi connectivity index (χ3v) is 6.94. The monoisotopic (exact) mass is 480 g/mol. The van der Waals surface area contributed by atoms with Crippen LogP contribution in [0.25, 0.3) is 11.3 Å². The summed E-state index contributed by atoms with van der Waals surface area (Å²) in [5, 5.41) is 9.49. The number of carbonyl (C=O) groups is 1. The van der Waals surface area contributed by atoms with Gasteiger partial charge in [-0.05, 0) is 23.5 Å². The third kappa shape index (κ3) is 3.45. The van der Waals surface area contributed by atoms with Gasteiger partial charge < -0.3 is 19.3 Å². The van der Waals surface area contributed by atoms with Crippen LogP contribution in [0.4, 0.5) is 23.2 Å². The van der Waals surface area contributed by atoms with E-state index in [2.05, 4.69) is 0 Å². The first kappa shape index (κ1) is 22.7. The fourth-order valence-electron chi connectivity index (χ4n) is 5.20. The van der Waals surface area contributed by atoms with Gasteiger partial charge in [0.15, 0.2) is 11.5 Å². The van der Waals surface area contributed by atoms with Crippen LogP contribution in [0.3, 0.4) is 0 Å². The van der Waals surface area contributed by atoms with Gasteiger partial charge in [-0.3, -0.25) is 4.79 Å². The summed E-state index contributed by atoms with van der Waals surface area (Å²) in [7, 11) is 0. The summed E-state index contributed by atoms with van der Waals surface area (Å²) in [6.45, 7) is 4.80. The lowest BCUT2D eigenvalue weighted by Crippen LogP contribution is -2.56. The highest BCUT2D eigenvalue weighted by atomic mass is 19.3. The number of aromatic carboxylic acids is 1. The molecule has 1 N–H and O–H groups in total. The first-order valence-corrected chi connectivity index (χ1v) is 11.0. The number of carboxylic acids is 1. The molecule has 1 aromatic carbocycles. The van der Waals surface area contributed by atoms with Crippen LogP contribution in [-0.4, -0.2) is 47.2 Å². The number of rotatable bonds is 3. The van der Waals surface area contributed by atoms with E-state index in [0.29, 0.717) is 28.9 Å². The summed E-state index contributed by atoms with van der Waals surface area (Å²) in [6.07, 6.45) is -2.48. The molecule has 3 aliphatic rings. The Morgan fingerprint density at radius 2 is 1.85 bits per heavy atom. The number of carboxylic acid groups (broad SMARTS) is 1.